The average molecular weight is 563 g/mol. The SMILES string of the molecule is CCN1CCN(Cc2ccc(C(=O)Nc3ccc(C)c(Oc4ccc(-c5[nH]nc6ncnc(N)c56)cc4)c3)cc2)CC1. The number of likely N-dealkylation sites (N-methyl/N-ethyl adjacent to an activating group) is 1. The van der Waals surface area contributed by atoms with Crippen LogP contribution in [0.5, 0.6) is 11.5 Å². The van der Waals surface area contributed by atoms with E-state index in [0.29, 0.717) is 39.6 Å². The molecule has 1 aliphatic rings. The number of piperazine rings is 1. The minimum Gasteiger partial charge on any atom is -0.457 e. The monoisotopic (exact) mass is 562 g/mol. The second-order valence-corrected chi connectivity index (χ2v) is 10.5. The first-order valence-corrected chi connectivity index (χ1v) is 14.2. The number of hydrogen-bond donors (Lipinski definition) is 3. The number of amides is 1. The number of carbonyl (C=O) groups excluding carboxylic acids is 1. The van der Waals surface area contributed by atoms with Crippen LogP contribution in [0.4, 0.5) is 11.5 Å². The standard InChI is InChI=1S/C32H34N8O2/c1-3-39-14-16-40(17-15-39)19-22-5-7-24(8-6-22)32(41)36-25-11-4-21(2)27(18-25)42-26-12-9-23(10-13-26)29-28-30(33)34-20-35-31(28)38-37-29/h4-13,18,20H,3,14-17,19H2,1-2H3,(H,36,41)(H3,33,34,35,37,38). The van der Waals surface area contributed by atoms with Gasteiger partial charge in [-0.15, -0.1) is 0 Å². The summed E-state index contributed by atoms with van der Waals surface area (Å²) in [4.78, 5) is 26.2. The number of aromatic nitrogens is 4. The number of rotatable bonds is 8. The molecule has 1 saturated heterocycles. The zero-order valence-corrected chi connectivity index (χ0v) is 23.8. The van der Waals surface area contributed by atoms with Crippen LogP contribution < -0.4 is 15.8 Å². The topological polar surface area (TPSA) is 125 Å². The first kappa shape index (κ1) is 27.4. The molecule has 3 heterocycles. The Morgan fingerprint density at radius 2 is 1.71 bits per heavy atom. The molecular formula is C32H34N8O2. The van der Waals surface area contributed by atoms with Crippen molar-refractivity contribution in [1.82, 2.24) is 30.0 Å². The number of H-pyrrole nitrogens is 1. The van der Waals surface area contributed by atoms with Crippen molar-refractivity contribution in [2.75, 3.05) is 43.8 Å². The first-order valence-electron chi connectivity index (χ1n) is 14.2. The van der Waals surface area contributed by atoms with E-state index >= 15 is 0 Å². The fourth-order valence-corrected chi connectivity index (χ4v) is 5.18. The van der Waals surface area contributed by atoms with Gasteiger partial charge < -0.3 is 20.7 Å². The Bertz CT molecular complexity index is 1690. The molecule has 4 N–H and O–H groups in total. The van der Waals surface area contributed by atoms with Crippen LogP contribution in [0.15, 0.2) is 73.1 Å². The van der Waals surface area contributed by atoms with Gasteiger partial charge in [0.1, 0.15) is 23.6 Å². The van der Waals surface area contributed by atoms with E-state index < -0.39 is 0 Å². The Hall–Kier alpha value is -4.80. The van der Waals surface area contributed by atoms with Crippen molar-refractivity contribution < 1.29 is 9.53 Å². The number of fused-ring (bicyclic) bond motifs is 1. The van der Waals surface area contributed by atoms with Crippen molar-refractivity contribution >= 4 is 28.4 Å². The highest BCUT2D eigenvalue weighted by Gasteiger charge is 2.16. The van der Waals surface area contributed by atoms with Gasteiger partial charge in [-0.25, -0.2) is 9.97 Å². The average Bonchev–Trinajstić information content (AvgIpc) is 3.46. The summed E-state index contributed by atoms with van der Waals surface area (Å²) in [6, 6.07) is 21.1. The van der Waals surface area contributed by atoms with Crippen LogP contribution in [0.1, 0.15) is 28.4 Å². The number of aromatic amines is 1. The highest BCUT2D eigenvalue weighted by Crippen LogP contribution is 2.32. The number of nitrogens with one attached hydrogen (secondary N) is 2. The number of hydrogen-bond acceptors (Lipinski definition) is 8. The first-order chi connectivity index (χ1) is 20.5. The highest BCUT2D eigenvalue weighted by atomic mass is 16.5. The zero-order valence-electron chi connectivity index (χ0n) is 23.8. The van der Waals surface area contributed by atoms with Crippen LogP contribution in [0.3, 0.4) is 0 Å². The van der Waals surface area contributed by atoms with E-state index in [1.807, 2.05) is 73.7 Å². The third-order valence-electron chi connectivity index (χ3n) is 7.73. The second kappa shape index (κ2) is 12.0. The zero-order chi connectivity index (χ0) is 29.1. The molecular weight excluding hydrogens is 528 g/mol. The van der Waals surface area contributed by atoms with Crippen LogP contribution in [0, 0.1) is 6.92 Å². The molecule has 42 heavy (non-hydrogen) atoms. The van der Waals surface area contributed by atoms with Crippen molar-refractivity contribution in [2.24, 2.45) is 0 Å². The van der Waals surface area contributed by atoms with Gasteiger partial charge in [0.2, 0.25) is 0 Å². The molecule has 0 radical (unpaired) electrons. The molecule has 10 heteroatoms. The molecule has 0 spiro atoms. The van der Waals surface area contributed by atoms with Crippen molar-refractivity contribution in [2.45, 2.75) is 20.4 Å². The summed E-state index contributed by atoms with van der Waals surface area (Å²) >= 11 is 0. The molecule has 1 amide bonds. The third-order valence-corrected chi connectivity index (χ3v) is 7.73. The van der Waals surface area contributed by atoms with E-state index in [2.05, 4.69) is 42.2 Å². The number of nitrogens with two attached hydrogens (primary N) is 1. The molecule has 2 aromatic heterocycles. The maximum atomic E-state index is 13.0. The van der Waals surface area contributed by atoms with Gasteiger partial charge in [-0.2, -0.15) is 5.10 Å². The number of nitrogen functional groups attached to an aromatic ring is 1. The fourth-order valence-electron chi connectivity index (χ4n) is 5.18. The number of ether oxygens (including phenoxy) is 1. The van der Waals surface area contributed by atoms with Crippen LogP contribution in [0.25, 0.3) is 22.3 Å². The van der Waals surface area contributed by atoms with Crippen molar-refractivity contribution in [3.05, 3.63) is 89.7 Å². The van der Waals surface area contributed by atoms with E-state index in [0.717, 1.165) is 56.1 Å². The van der Waals surface area contributed by atoms with E-state index in [1.165, 1.54) is 11.9 Å². The van der Waals surface area contributed by atoms with Crippen molar-refractivity contribution in [3.63, 3.8) is 0 Å². The van der Waals surface area contributed by atoms with E-state index in [1.54, 1.807) is 0 Å². The smallest absolute Gasteiger partial charge is 0.255 e. The summed E-state index contributed by atoms with van der Waals surface area (Å²) in [5.41, 5.74) is 11.6. The predicted molar refractivity (Wildman–Crippen MR) is 165 cm³/mol. The van der Waals surface area contributed by atoms with Gasteiger partial charge in [0.25, 0.3) is 5.91 Å². The van der Waals surface area contributed by atoms with Gasteiger partial charge >= 0.3 is 0 Å². The highest BCUT2D eigenvalue weighted by molar-refractivity contribution is 6.04. The summed E-state index contributed by atoms with van der Waals surface area (Å²) in [6.45, 7) is 10.6. The molecule has 0 unspecified atom stereocenters. The molecule has 1 fully saturated rings. The van der Waals surface area contributed by atoms with Gasteiger partial charge in [0, 0.05) is 55.6 Å². The molecule has 0 aliphatic carbocycles. The largest absolute Gasteiger partial charge is 0.457 e. The van der Waals surface area contributed by atoms with Crippen LogP contribution >= 0.6 is 0 Å². The minimum atomic E-state index is -0.160. The molecule has 10 nitrogen and oxygen atoms in total. The Balaban J connectivity index is 1.09. The van der Waals surface area contributed by atoms with E-state index in [9.17, 15) is 4.79 Å². The molecule has 6 rings (SSSR count). The summed E-state index contributed by atoms with van der Waals surface area (Å²) in [7, 11) is 0. The molecule has 3 aromatic carbocycles. The molecule has 1 aliphatic heterocycles. The number of anilines is 2. The Morgan fingerprint density at radius 3 is 2.45 bits per heavy atom. The lowest BCUT2D eigenvalue weighted by Gasteiger charge is -2.34. The van der Waals surface area contributed by atoms with Crippen LogP contribution in [0.2, 0.25) is 0 Å². The third kappa shape index (κ3) is 5.95. The second-order valence-electron chi connectivity index (χ2n) is 10.5. The lowest BCUT2D eigenvalue weighted by atomic mass is 10.1. The van der Waals surface area contributed by atoms with Crippen LogP contribution in [-0.4, -0.2) is 68.6 Å². The molecule has 0 bridgehead atoms. The van der Waals surface area contributed by atoms with Crippen molar-refractivity contribution in [3.8, 4) is 22.8 Å². The summed E-state index contributed by atoms with van der Waals surface area (Å²) < 4.78 is 6.19. The number of nitrogens with zero attached hydrogens (tertiary/aromatic N) is 5. The Kier molecular flexibility index (Phi) is 7.81. The maximum absolute atomic E-state index is 13.0. The lowest BCUT2D eigenvalue weighted by molar-refractivity contribution is 0.102. The number of benzene rings is 3. The van der Waals surface area contributed by atoms with Gasteiger partial charge in [0.15, 0.2) is 5.65 Å². The lowest BCUT2D eigenvalue weighted by Crippen LogP contribution is -2.45. The number of aryl methyl sites for hydroxylation is 1. The summed E-state index contributed by atoms with van der Waals surface area (Å²) in [5, 5.41) is 10.9. The van der Waals surface area contributed by atoms with Gasteiger partial charge in [-0.05, 0) is 67.1 Å². The Labute approximate surface area is 244 Å². The van der Waals surface area contributed by atoms with Crippen molar-refractivity contribution in [1.29, 1.82) is 0 Å². The normalized spacial score (nSPS) is 14.2. The quantitative estimate of drug-likeness (QED) is 0.239. The summed E-state index contributed by atoms with van der Waals surface area (Å²) in [5.74, 6) is 1.52. The maximum Gasteiger partial charge on any atom is 0.255 e. The molecule has 0 atom stereocenters. The molecule has 5 aromatic rings. The molecule has 0 saturated carbocycles. The predicted octanol–water partition coefficient (Wildman–Crippen LogP) is 5.09. The van der Waals surface area contributed by atoms with Crippen LogP contribution in [-0.2, 0) is 6.54 Å². The van der Waals surface area contributed by atoms with Gasteiger partial charge in [-0.3, -0.25) is 14.8 Å². The number of carbonyl (C=O) groups is 1. The fraction of sp³-hybridized carbons (Fsp3) is 0.250. The molecule has 214 valence electrons. The van der Waals surface area contributed by atoms with Gasteiger partial charge in [0.05, 0.1) is 11.1 Å². The minimum absolute atomic E-state index is 0.160. The summed E-state index contributed by atoms with van der Waals surface area (Å²) in [6.07, 6.45) is 1.39. The van der Waals surface area contributed by atoms with Gasteiger partial charge in [-0.1, -0.05) is 25.1 Å². The Morgan fingerprint density at radius 1 is 0.976 bits per heavy atom. The van der Waals surface area contributed by atoms with E-state index in [4.69, 9.17) is 10.5 Å². The van der Waals surface area contributed by atoms with E-state index in [-0.39, 0.29) is 5.91 Å².